The number of carbonyl (C=O) groups is 1. The fraction of sp³-hybridized carbons (Fsp3) is 0.364. The first-order chi connectivity index (χ1) is 6.70. The van der Waals surface area contributed by atoms with E-state index in [4.69, 9.17) is 0 Å². The maximum Gasteiger partial charge on any atom is 0.219 e. The molecule has 0 aliphatic rings. The Morgan fingerprint density at radius 2 is 1.87 bits per heavy atom. The summed E-state index contributed by atoms with van der Waals surface area (Å²) in [5, 5.41) is 0.160. The van der Waals surface area contributed by atoms with Gasteiger partial charge in [0.1, 0.15) is 0 Å². The maximum absolute atomic E-state index is 11.6. The third-order valence-corrected chi connectivity index (χ3v) is 2.67. The topological polar surface area (TPSA) is 20.3 Å². The lowest BCUT2D eigenvalue weighted by Gasteiger charge is -2.07. The van der Waals surface area contributed by atoms with Crippen LogP contribution in [-0.4, -0.2) is 36.4 Å². The molecular weight excluding hydrogens is 230 g/mol. The van der Waals surface area contributed by atoms with E-state index in [-0.39, 0.29) is 17.5 Å². The van der Waals surface area contributed by atoms with E-state index in [1.54, 1.807) is 0 Å². The molecule has 0 bridgehead atoms. The smallest absolute Gasteiger partial charge is 0.219 e. The van der Waals surface area contributed by atoms with Crippen LogP contribution in [0.5, 0.6) is 0 Å². The van der Waals surface area contributed by atoms with Crippen LogP contribution in [0.15, 0.2) is 30.3 Å². The standard InChI is InChI=1S/C11H15NOS.ClH/c1-12(2)8-9-14-11(13)10-6-4-3-5-7-10;/h3-7H,8-9H2,1-2H3;1H. The van der Waals surface area contributed by atoms with Gasteiger partial charge < -0.3 is 4.90 Å². The van der Waals surface area contributed by atoms with E-state index in [0.717, 1.165) is 17.9 Å². The van der Waals surface area contributed by atoms with Crippen LogP contribution in [0.1, 0.15) is 10.4 Å². The second kappa shape index (κ2) is 7.74. The molecule has 0 saturated heterocycles. The minimum atomic E-state index is 0. The zero-order valence-corrected chi connectivity index (χ0v) is 10.6. The van der Waals surface area contributed by atoms with Crippen LogP contribution in [0.25, 0.3) is 0 Å². The van der Waals surface area contributed by atoms with Gasteiger partial charge in [-0.2, -0.15) is 0 Å². The Morgan fingerprint density at radius 1 is 1.27 bits per heavy atom. The number of carbonyl (C=O) groups excluding carboxylic acids is 1. The zero-order chi connectivity index (χ0) is 10.4. The maximum atomic E-state index is 11.6. The molecule has 0 N–H and O–H groups in total. The van der Waals surface area contributed by atoms with Gasteiger partial charge in [-0.05, 0) is 14.1 Å². The SMILES string of the molecule is CN(C)CCSC(=O)c1ccccc1.Cl. The van der Waals surface area contributed by atoms with Gasteiger partial charge in [0, 0.05) is 17.9 Å². The van der Waals surface area contributed by atoms with E-state index in [1.165, 1.54) is 11.8 Å². The van der Waals surface area contributed by atoms with Gasteiger partial charge in [-0.25, -0.2) is 0 Å². The highest BCUT2D eigenvalue weighted by Crippen LogP contribution is 2.11. The molecule has 4 heteroatoms. The van der Waals surface area contributed by atoms with E-state index in [9.17, 15) is 4.79 Å². The molecule has 0 amide bonds. The van der Waals surface area contributed by atoms with Crippen molar-refractivity contribution in [3.63, 3.8) is 0 Å². The Labute approximate surface area is 101 Å². The first-order valence-corrected chi connectivity index (χ1v) is 5.55. The third-order valence-electron chi connectivity index (χ3n) is 1.78. The van der Waals surface area contributed by atoms with Gasteiger partial charge in [0.15, 0.2) is 0 Å². The average molecular weight is 246 g/mol. The summed E-state index contributed by atoms with van der Waals surface area (Å²) in [5.41, 5.74) is 0.788. The Hall–Kier alpha value is -0.510. The summed E-state index contributed by atoms with van der Waals surface area (Å²) in [6.07, 6.45) is 0. The van der Waals surface area contributed by atoms with Gasteiger partial charge in [-0.1, -0.05) is 42.1 Å². The highest BCUT2D eigenvalue weighted by atomic mass is 35.5. The third kappa shape index (κ3) is 5.82. The summed E-state index contributed by atoms with van der Waals surface area (Å²) in [7, 11) is 4.01. The lowest BCUT2D eigenvalue weighted by Crippen LogP contribution is -2.15. The molecule has 0 unspecified atom stereocenters. The molecule has 84 valence electrons. The molecule has 1 rings (SSSR count). The lowest BCUT2D eigenvalue weighted by atomic mass is 10.2. The van der Waals surface area contributed by atoms with Crippen molar-refractivity contribution in [2.75, 3.05) is 26.4 Å². The number of nitrogens with zero attached hydrogens (tertiary/aromatic N) is 1. The van der Waals surface area contributed by atoms with Crippen molar-refractivity contribution in [2.24, 2.45) is 0 Å². The van der Waals surface area contributed by atoms with E-state index >= 15 is 0 Å². The molecule has 2 nitrogen and oxygen atoms in total. The van der Waals surface area contributed by atoms with Gasteiger partial charge in [0.05, 0.1) is 0 Å². The van der Waals surface area contributed by atoms with Crippen molar-refractivity contribution < 1.29 is 4.79 Å². The van der Waals surface area contributed by atoms with Crippen LogP contribution in [0, 0.1) is 0 Å². The number of thioether (sulfide) groups is 1. The quantitative estimate of drug-likeness (QED) is 0.813. The Kier molecular flexibility index (Phi) is 7.48. The number of rotatable bonds is 4. The molecule has 0 heterocycles. The van der Waals surface area contributed by atoms with Crippen LogP contribution in [-0.2, 0) is 0 Å². The van der Waals surface area contributed by atoms with Gasteiger partial charge in [0.2, 0.25) is 5.12 Å². The molecule has 0 fully saturated rings. The Balaban J connectivity index is 0.00000196. The predicted molar refractivity (Wildman–Crippen MR) is 69.0 cm³/mol. The first kappa shape index (κ1) is 14.5. The average Bonchev–Trinajstić information content (AvgIpc) is 2.18. The Morgan fingerprint density at radius 3 is 2.40 bits per heavy atom. The molecule has 0 spiro atoms. The molecule has 15 heavy (non-hydrogen) atoms. The number of hydrogen-bond donors (Lipinski definition) is 0. The Bertz CT molecular complexity index is 290. The minimum Gasteiger partial charge on any atom is -0.309 e. The largest absolute Gasteiger partial charge is 0.309 e. The van der Waals surface area contributed by atoms with Gasteiger partial charge in [-0.3, -0.25) is 4.79 Å². The van der Waals surface area contributed by atoms with E-state index in [0.29, 0.717) is 0 Å². The molecule has 1 aromatic carbocycles. The van der Waals surface area contributed by atoms with Crippen molar-refractivity contribution in [2.45, 2.75) is 0 Å². The number of hydrogen-bond acceptors (Lipinski definition) is 3. The summed E-state index contributed by atoms with van der Waals surface area (Å²) in [4.78, 5) is 13.6. The molecule has 0 saturated carbocycles. The predicted octanol–water partition coefficient (Wildman–Crippen LogP) is 2.54. The summed E-state index contributed by atoms with van der Waals surface area (Å²) < 4.78 is 0. The molecule has 1 aromatic rings. The fourth-order valence-electron chi connectivity index (χ4n) is 0.978. The number of halogens is 1. The van der Waals surface area contributed by atoms with Crippen molar-refractivity contribution in [3.05, 3.63) is 35.9 Å². The molecule has 0 aromatic heterocycles. The normalized spacial score (nSPS) is 9.80. The number of benzene rings is 1. The summed E-state index contributed by atoms with van der Waals surface area (Å²) in [6.45, 7) is 0.934. The van der Waals surface area contributed by atoms with Gasteiger partial charge >= 0.3 is 0 Å². The van der Waals surface area contributed by atoms with Crippen LogP contribution in [0.4, 0.5) is 0 Å². The van der Waals surface area contributed by atoms with Gasteiger partial charge in [0.25, 0.3) is 0 Å². The lowest BCUT2D eigenvalue weighted by molar-refractivity contribution is 0.108. The second-order valence-corrected chi connectivity index (χ2v) is 4.37. The van der Waals surface area contributed by atoms with Crippen molar-refractivity contribution in [1.82, 2.24) is 4.90 Å². The molecule has 0 aliphatic heterocycles. The molecular formula is C11H16ClNOS. The second-order valence-electron chi connectivity index (χ2n) is 3.31. The highest BCUT2D eigenvalue weighted by Gasteiger charge is 2.04. The fourth-order valence-corrected chi connectivity index (χ4v) is 1.92. The van der Waals surface area contributed by atoms with Crippen LogP contribution < -0.4 is 0 Å². The zero-order valence-electron chi connectivity index (χ0n) is 8.97. The monoisotopic (exact) mass is 245 g/mol. The molecule has 0 radical (unpaired) electrons. The summed E-state index contributed by atoms with van der Waals surface area (Å²) >= 11 is 1.38. The minimum absolute atomic E-state index is 0. The van der Waals surface area contributed by atoms with Crippen molar-refractivity contribution in [3.8, 4) is 0 Å². The van der Waals surface area contributed by atoms with E-state index in [2.05, 4.69) is 4.90 Å². The van der Waals surface area contributed by atoms with Crippen LogP contribution >= 0.6 is 24.2 Å². The first-order valence-electron chi connectivity index (χ1n) is 4.57. The highest BCUT2D eigenvalue weighted by molar-refractivity contribution is 8.14. The molecule has 0 aliphatic carbocycles. The van der Waals surface area contributed by atoms with Crippen LogP contribution in [0.2, 0.25) is 0 Å². The van der Waals surface area contributed by atoms with Crippen LogP contribution in [0.3, 0.4) is 0 Å². The van der Waals surface area contributed by atoms with Crippen molar-refractivity contribution >= 4 is 29.3 Å². The molecule has 0 atom stereocenters. The van der Waals surface area contributed by atoms with Crippen molar-refractivity contribution in [1.29, 1.82) is 0 Å². The van der Waals surface area contributed by atoms with E-state index < -0.39 is 0 Å². The summed E-state index contributed by atoms with van der Waals surface area (Å²) in [5.74, 6) is 0.848. The van der Waals surface area contributed by atoms with Gasteiger partial charge in [-0.15, -0.1) is 12.4 Å². The summed E-state index contributed by atoms with van der Waals surface area (Å²) in [6, 6.07) is 9.40. The van der Waals surface area contributed by atoms with E-state index in [1.807, 2.05) is 44.4 Å².